The van der Waals surface area contributed by atoms with Crippen molar-refractivity contribution in [2.75, 3.05) is 19.7 Å². The summed E-state index contributed by atoms with van der Waals surface area (Å²) in [5.41, 5.74) is 0. The van der Waals surface area contributed by atoms with Crippen LogP contribution in [0.1, 0.15) is 13.8 Å². The van der Waals surface area contributed by atoms with Gasteiger partial charge in [-0.05, 0) is 32.0 Å². The molecule has 0 saturated heterocycles. The molecule has 0 aromatic heterocycles. The third-order valence-electron chi connectivity index (χ3n) is 2.61. The Kier molecular flexibility index (Phi) is 6.42. The third-order valence-corrected chi connectivity index (χ3v) is 3.14. The minimum atomic E-state index is -0.676. The fourth-order valence-corrected chi connectivity index (χ4v) is 2.07. The third kappa shape index (κ3) is 4.56. The van der Waals surface area contributed by atoms with Crippen molar-refractivity contribution in [3.05, 3.63) is 28.2 Å². The first-order valence-corrected chi connectivity index (χ1v) is 6.76. The molecule has 19 heavy (non-hydrogen) atoms. The van der Waals surface area contributed by atoms with Crippen LogP contribution in [0.15, 0.2) is 18.2 Å². The number of rotatable bonds is 6. The van der Waals surface area contributed by atoms with Crippen LogP contribution in [0.2, 0.25) is 10.0 Å². The van der Waals surface area contributed by atoms with Gasteiger partial charge in [-0.15, -0.1) is 0 Å². The number of aliphatic hydroxyl groups is 1. The molecule has 4 nitrogen and oxygen atoms in total. The summed E-state index contributed by atoms with van der Waals surface area (Å²) in [4.78, 5) is 13.6. The van der Waals surface area contributed by atoms with Crippen LogP contribution < -0.4 is 4.74 Å². The van der Waals surface area contributed by atoms with Crippen LogP contribution in [-0.4, -0.2) is 41.7 Å². The maximum absolute atomic E-state index is 12.1. The summed E-state index contributed by atoms with van der Waals surface area (Å²) in [5.74, 6) is 0.217. The summed E-state index contributed by atoms with van der Waals surface area (Å²) in [6, 6.07) is 4.82. The molecule has 0 bridgehead atoms. The van der Waals surface area contributed by atoms with E-state index in [0.717, 1.165) is 0 Å². The molecular weight excluding hydrogens is 289 g/mol. The average molecular weight is 306 g/mol. The van der Waals surface area contributed by atoms with E-state index in [4.69, 9.17) is 33.0 Å². The summed E-state index contributed by atoms with van der Waals surface area (Å²) >= 11 is 11.8. The van der Waals surface area contributed by atoms with Gasteiger partial charge in [0, 0.05) is 18.1 Å². The highest BCUT2D eigenvalue weighted by Gasteiger charge is 2.21. The molecule has 6 heteroatoms. The topological polar surface area (TPSA) is 49.8 Å². The van der Waals surface area contributed by atoms with E-state index in [1.807, 2.05) is 6.92 Å². The number of carbonyl (C=O) groups is 1. The van der Waals surface area contributed by atoms with E-state index in [9.17, 15) is 4.79 Å². The maximum Gasteiger partial charge on any atom is 0.263 e. The number of amides is 1. The second-order valence-corrected chi connectivity index (χ2v) is 4.82. The van der Waals surface area contributed by atoms with Gasteiger partial charge >= 0.3 is 0 Å². The number of hydrogen-bond acceptors (Lipinski definition) is 3. The predicted molar refractivity (Wildman–Crippen MR) is 75.9 cm³/mol. The highest BCUT2D eigenvalue weighted by atomic mass is 35.5. The van der Waals surface area contributed by atoms with Crippen molar-refractivity contribution in [3.8, 4) is 5.75 Å². The molecule has 0 fully saturated rings. The molecule has 0 heterocycles. The number of ether oxygens (including phenoxy) is 1. The minimum absolute atomic E-state index is 0.0754. The molecule has 1 rings (SSSR count). The van der Waals surface area contributed by atoms with E-state index in [2.05, 4.69) is 0 Å². The number of hydrogen-bond donors (Lipinski definition) is 1. The zero-order valence-corrected chi connectivity index (χ0v) is 12.4. The van der Waals surface area contributed by atoms with Gasteiger partial charge in [0.1, 0.15) is 5.75 Å². The van der Waals surface area contributed by atoms with Gasteiger partial charge in [-0.3, -0.25) is 4.79 Å². The number of benzene rings is 1. The summed E-state index contributed by atoms with van der Waals surface area (Å²) in [6.45, 7) is 4.22. The SMILES string of the molecule is CCN(CCO)C(=O)[C@H](C)Oc1ccc(Cl)cc1Cl. The highest BCUT2D eigenvalue weighted by molar-refractivity contribution is 6.35. The molecule has 0 radical (unpaired) electrons. The van der Waals surface area contributed by atoms with Crippen molar-refractivity contribution in [1.82, 2.24) is 4.90 Å². The van der Waals surface area contributed by atoms with E-state index in [1.54, 1.807) is 25.1 Å². The van der Waals surface area contributed by atoms with E-state index in [0.29, 0.717) is 22.3 Å². The number of halogens is 2. The highest BCUT2D eigenvalue weighted by Crippen LogP contribution is 2.28. The van der Waals surface area contributed by atoms with E-state index in [1.165, 1.54) is 4.90 Å². The first-order valence-electron chi connectivity index (χ1n) is 6.01. The van der Waals surface area contributed by atoms with Crippen molar-refractivity contribution in [1.29, 1.82) is 0 Å². The Hall–Kier alpha value is -0.970. The molecule has 106 valence electrons. The van der Waals surface area contributed by atoms with Gasteiger partial charge in [0.2, 0.25) is 0 Å². The first-order chi connectivity index (χ1) is 8.99. The zero-order valence-electron chi connectivity index (χ0n) is 10.9. The van der Waals surface area contributed by atoms with Gasteiger partial charge in [-0.1, -0.05) is 23.2 Å². The number of aliphatic hydroxyl groups excluding tert-OH is 1. The van der Waals surface area contributed by atoms with Crippen molar-refractivity contribution in [2.24, 2.45) is 0 Å². The molecule has 0 aliphatic rings. The van der Waals surface area contributed by atoms with Crippen LogP contribution in [0.3, 0.4) is 0 Å². The average Bonchev–Trinajstić information content (AvgIpc) is 2.38. The standard InChI is InChI=1S/C13H17Cl2NO3/c1-3-16(6-7-17)13(18)9(2)19-12-5-4-10(14)8-11(12)15/h4-5,8-9,17H,3,6-7H2,1-2H3/t9-/m0/s1. The molecule has 1 N–H and O–H groups in total. The fourth-order valence-electron chi connectivity index (χ4n) is 1.61. The van der Waals surface area contributed by atoms with Crippen molar-refractivity contribution in [3.63, 3.8) is 0 Å². The van der Waals surface area contributed by atoms with Crippen molar-refractivity contribution >= 4 is 29.1 Å². The predicted octanol–water partition coefficient (Wildman–Crippen LogP) is 2.60. The second kappa shape index (κ2) is 7.58. The van der Waals surface area contributed by atoms with Crippen LogP contribution in [0.25, 0.3) is 0 Å². The Morgan fingerprint density at radius 3 is 2.68 bits per heavy atom. The van der Waals surface area contributed by atoms with Gasteiger partial charge in [0.25, 0.3) is 5.91 Å². The Bertz CT molecular complexity index is 440. The lowest BCUT2D eigenvalue weighted by Gasteiger charge is -2.24. The Morgan fingerprint density at radius 2 is 2.16 bits per heavy atom. The van der Waals surface area contributed by atoms with Crippen molar-refractivity contribution in [2.45, 2.75) is 20.0 Å². The molecule has 1 amide bonds. The lowest BCUT2D eigenvalue weighted by atomic mass is 10.3. The van der Waals surface area contributed by atoms with Crippen molar-refractivity contribution < 1.29 is 14.6 Å². The maximum atomic E-state index is 12.1. The van der Waals surface area contributed by atoms with Crippen LogP contribution in [0.4, 0.5) is 0 Å². The summed E-state index contributed by atoms with van der Waals surface area (Å²) in [5, 5.41) is 9.76. The van der Waals surface area contributed by atoms with Crippen LogP contribution in [0.5, 0.6) is 5.75 Å². The second-order valence-electron chi connectivity index (χ2n) is 3.98. The van der Waals surface area contributed by atoms with E-state index < -0.39 is 6.10 Å². The lowest BCUT2D eigenvalue weighted by Crippen LogP contribution is -2.41. The Balaban J connectivity index is 2.72. The molecule has 1 atom stereocenters. The van der Waals surface area contributed by atoms with Gasteiger partial charge in [-0.25, -0.2) is 0 Å². The number of likely N-dealkylation sites (N-methyl/N-ethyl adjacent to an activating group) is 1. The monoisotopic (exact) mass is 305 g/mol. The molecule has 0 saturated carbocycles. The molecular formula is C13H17Cl2NO3. The summed E-state index contributed by atoms with van der Waals surface area (Å²) in [6.07, 6.45) is -0.676. The van der Waals surface area contributed by atoms with Gasteiger partial charge in [-0.2, -0.15) is 0 Å². The van der Waals surface area contributed by atoms with Gasteiger partial charge in [0.15, 0.2) is 6.10 Å². The van der Waals surface area contributed by atoms with Gasteiger partial charge < -0.3 is 14.7 Å². The smallest absolute Gasteiger partial charge is 0.263 e. The van der Waals surface area contributed by atoms with Gasteiger partial charge in [0.05, 0.1) is 11.6 Å². The first kappa shape index (κ1) is 16.1. The Labute approximate surface area is 122 Å². The zero-order chi connectivity index (χ0) is 14.4. The molecule has 0 aliphatic heterocycles. The number of nitrogens with zero attached hydrogens (tertiary/aromatic N) is 1. The Morgan fingerprint density at radius 1 is 1.47 bits per heavy atom. The van der Waals surface area contributed by atoms with Crippen LogP contribution >= 0.6 is 23.2 Å². The lowest BCUT2D eigenvalue weighted by molar-refractivity contribution is -0.138. The largest absolute Gasteiger partial charge is 0.479 e. The fraction of sp³-hybridized carbons (Fsp3) is 0.462. The number of carbonyl (C=O) groups excluding carboxylic acids is 1. The molecule has 0 unspecified atom stereocenters. The quantitative estimate of drug-likeness (QED) is 0.879. The normalized spacial score (nSPS) is 12.1. The van der Waals surface area contributed by atoms with E-state index in [-0.39, 0.29) is 19.1 Å². The molecule has 0 aliphatic carbocycles. The molecule has 1 aromatic rings. The van der Waals surface area contributed by atoms with E-state index >= 15 is 0 Å². The summed E-state index contributed by atoms with van der Waals surface area (Å²) in [7, 11) is 0. The van der Waals surface area contributed by atoms with Crippen LogP contribution in [0, 0.1) is 0 Å². The molecule has 0 spiro atoms. The molecule has 1 aromatic carbocycles. The minimum Gasteiger partial charge on any atom is -0.479 e. The van der Waals surface area contributed by atoms with Crippen LogP contribution in [-0.2, 0) is 4.79 Å². The summed E-state index contributed by atoms with van der Waals surface area (Å²) < 4.78 is 5.53.